The molecule has 2 aromatic carbocycles. The first-order valence-electron chi connectivity index (χ1n) is 11.5. The first-order valence-corrected chi connectivity index (χ1v) is 13.1. The third-order valence-electron chi connectivity index (χ3n) is 5.45. The van der Waals surface area contributed by atoms with Crippen molar-refractivity contribution in [2.45, 2.75) is 19.0 Å². The Labute approximate surface area is 212 Å². The number of hydrogen-bond acceptors (Lipinski definition) is 5. The summed E-state index contributed by atoms with van der Waals surface area (Å²) in [5.41, 5.74) is 1.52. The highest BCUT2D eigenvalue weighted by Crippen LogP contribution is 2.13. The van der Waals surface area contributed by atoms with Crippen molar-refractivity contribution in [3.63, 3.8) is 0 Å². The Morgan fingerprint density at radius 3 is 2.08 bits per heavy atom. The number of nitrogens with one attached hydrogen (secondary N) is 1. The molecule has 1 amide bonds. The van der Waals surface area contributed by atoms with E-state index in [1.54, 1.807) is 4.90 Å². The van der Waals surface area contributed by atoms with Gasteiger partial charge in [0.05, 0.1) is 5.75 Å². The summed E-state index contributed by atoms with van der Waals surface area (Å²) in [6.07, 6.45) is -3.58. The lowest BCUT2D eigenvalue weighted by Gasteiger charge is -2.28. The molecule has 0 aromatic heterocycles. The number of piperazine rings is 1. The second-order valence-electron chi connectivity index (χ2n) is 8.16. The molecular weight excluding hydrogens is 518 g/mol. The smallest absolute Gasteiger partial charge is 0.475 e. The molecule has 0 saturated carbocycles. The van der Waals surface area contributed by atoms with Gasteiger partial charge in [-0.3, -0.25) is 4.79 Å². The van der Waals surface area contributed by atoms with Crippen molar-refractivity contribution < 1.29 is 40.7 Å². The Morgan fingerprint density at radius 1 is 0.973 bits per heavy atom. The SMILES string of the molecule is O=C(O)C(F)(F)F.O=C(c1ccc(F)cc1)N(CCCc1ccccc1)CCS(=O)(=O)N1CCNCC1. The average Bonchev–Trinajstić information content (AvgIpc) is 2.87. The number of benzene rings is 2. The molecule has 3 rings (SSSR count). The second kappa shape index (κ2) is 14.1. The summed E-state index contributed by atoms with van der Waals surface area (Å²) in [5, 5.41) is 10.3. The number of rotatable bonds is 9. The molecule has 0 atom stereocenters. The topological polar surface area (TPSA) is 107 Å². The van der Waals surface area contributed by atoms with Crippen LogP contribution in [0, 0.1) is 5.82 Å². The van der Waals surface area contributed by atoms with Gasteiger partial charge in [0.25, 0.3) is 5.91 Å². The maximum atomic E-state index is 13.2. The lowest BCUT2D eigenvalue weighted by Crippen LogP contribution is -2.48. The number of hydrogen-bond donors (Lipinski definition) is 2. The number of amides is 1. The first kappa shape index (κ1) is 30.2. The van der Waals surface area contributed by atoms with Crippen molar-refractivity contribution in [3.05, 3.63) is 71.5 Å². The van der Waals surface area contributed by atoms with Gasteiger partial charge < -0.3 is 15.3 Å². The van der Waals surface area contributed by atoms with Crippen LogP contribution in [0.25, 0.3) is 0 Å². The number of aryl methyl sites for hydroxylation is 1. The Bertz CT molecular complexity index is 1110. The summed E-state index contributed by atoms with van der Waals surface area (Å²) in [5.74, 6) is -3.57. The van der Waals surface area contributed by atoms with Gasteiger partial charge in [0.15, 0.2) is 0 Å². The van der Waals surface area contributed by atoms with Crippen LogP contribution in [0.1, 0.15) is 22.3 Å². The quantitative estimate of drug-likeness (QED) is 0.468. The van der Waals surface area contributed by atoms with E-state index in [0.29, 0.717) is 44.7 Å². The number of alkyl halides is 3. The van der Waals surface area contributed by atoms with E-state index in [-0.39, 0.29) is 18.2 Å². The van der Waals surface area contributed by atoms with Crippen molar-refractivity contribution in [2.24, 2.45) is 0 Å². The van der Waals surface area contributed by atoms with Crippen LogP contribution in [0.4, 0.5) is 17.6 Å². The van der Waals surface area contributed by atoms with Gasteiger partial charge in [-0.05, 0) is 42.7 Å². The van der Waals surface area contributed by atoms with E-state index in [2.05, 4.69) is 5.32 Å². The van der Waals surface area contributed by atoms with Gasteiger partial charge in [-0.1, -0.05) is 30.3 Å². The lowest BCUT2D eigenvalue weighted by molar-refractivity contribution is -0.192. The van der Waals surface area contributed by atoms with Crippen molar-refractivity contribution in [1.82, 2.24) is 14.5 Å². The summed E-state index contributed by atoms with van der Waals surface area (Å²) in [7, 11) is -3.44. The molecule has 1 aliphatic heterocycles. The highest BCUT2D eigenvalue weighted by molar-refractivity contribution is 7.89. The lowest BCUT2D eigenvalue weighted by atomic mass is 10.1. The molecule has 0 aliphatic carbocycles. The largest absolute Gasteiger partial charge is 0.490 e. The van der Waals surface area contributed by atoms with Crippen LogP contribution in [0.2, 0.25) is 0 Å². The van der Waals surface area contributed by atoms with Gasteiger partial charge >= 0.3 is 12.1 Å². The third kappa shape index (κ3) is 10.5. The molecule has 13 heteroatoms. The summed E-state index contributed by atoms with van der Waals surface area (Å²) >= 11 is 0. The maximum Gasteiger partial charge on any atom is 0.490 e. The van der Waals surface area contributed by atoms with E-state index in [1.807, 2.05) is 30.3 Å². The summed E-state index contributed by atoms with van der Waals surface area (Å²) < 4.78 is 71.9. The molecule has 2 aromatic rings. The van der Waals surface area contributed by atoms with E-state index in [1.165, 1.54) is 34.1 Å². The molecule has 1 fully saturated rings. The number of carboxylic acid groups (broad SMARTS) is 1. The summed E-state index contributed by atoms with van der Waals surface area (Å²) in [6, 6.07) is 15.3. The van der Waals surface area contributed by atoms with Crippen LogP contribution >= 0.6 is 0 Å². The molecule has 37 heavy (non-hydrogen) atoms. The first-order chi connectivity index (χ1) is 17.4. The number of sulfonamides is 1. The zero-order valence-electron chi connectivity index (χ0n) is 20.0. The Hall–Kier alpha value is -3.03. The van der Waals surface area contributed by atoms with Gasteiger partial charge in [-0.2, -0.15) is 17.5 Å². The highest BCUT2D eigenvalue weighted by Gasteiger charge is 2.38. The van der Waals surface area contributed by atoms with E-state index in [0.717, 1.165) is 6.42 Å². The maximum absolute atomic E-state index is 13.2. The van der Waals surface area contributed by atoms with Gasteiger partial charge in [0.1, 0.15) is 5.82 Å². The van der Waals surface area contributed by atoms with Crippen molar-refractivity contribution >= 4 is 21.9 Å². The number of carbonyl (C=O) groups is 2. The van der Waals surface area contributed by atoms with Gasteiger partial charge in [0, 0.05) is 44.8 Å². The van der Waals surface area contributed by atoms with Crippen LogP contribution in [0.5, 0.6) is 0 Å². The fourth-order valence-corrected chi connectivity index (χ4v) is 4.93. The van der Waals surface area contributed by atoms with Crippen LogP contribution in [-0.4, -0.2) is 85.8 Å². The Kier molecular flexibility index (Phi) is 11.5. The number of aliphatic carboxylic acids is 1. The molecule has 0 bridgehead atoms. The van der Waals surface area contributed by atoms with Gasteiger partial charge in [-0.15, -0.1) is 0 Å². The standard InChI is InChI=1S/C22H28FN3O3S.C2HF3O2/c23-21-10-8-20(9-11-21)22(27)25(14-4-7-19-5-2-1-3-6-19)17-18-30(28,29)26-15-12-24-13-16-26;3-2(4,5)1(6)7/h1-3,5-6,8-11,24H,4,7,12-18H2;(H,6,7). The monoisotopic (exact) mass is 547 g/mol. The zero-order chi connectivity index (χ0) is 27.5. The number of nitrogens with zero attached hydrogens (tertiary/aromatic N) is 2. The molecule has 0 spiro atoms. The molecule has 1 saturated heterocycles. The van der Waals surface area contributed by atoms with Crippen molar-refractivity contribution in [1.29, 1.82) is 0 Å². The molecule has 204 valence electrons. The number of carbonyl (C=O) groups excluding carboxylic acids is 1. The van der Waals surface area contributed by atoms with Crippen LogP contribution in [-0.2, 0) is 21.2 Å². The highest BCUT2D eigenvalue weighted by atomic mass is 32.2. The van der Waals surface area contributed by atoms with E-state index in [9.17, 15) is 30.8 Å². The number of halogens is 4. The minimum atomic E-state index is -5.08. The minimum Gasteiger partial charge on any atom is -0.475 e. The Morgan fingerprint density at radius 2 is 1.54 bits per heavy atom. The van der Waals surface area contributed by atoms with E-state index >= 15 is 0 Å². The molecule has 2 N–H and O–H groups in total. The average molecular weight is 548 g/mol. The van der Waals surface area contributed by atoms with Crippen LogP contribution in [0.3, 0.4) is 0 Å². The molecule has 8 nitrogen and oxygen atoms in total. The zero-order valence-corrected chi connectivity index (χ0v) is 20.8. The van der Waals surface area contributed by atoms with Gasteiger partial charge in [0.2, 0.25) is 10.0 Å². The third-order valence-corrected chi connectivity index (χ3v) is 7.30. The molecule has 1 heterocycles. The fraction of sp³-hybridized carbons (Fsp3) is 0.417. The van der Waals surface area contributed by atoms with Crippen molar-refractivity contribution in [3.8, 4) is 0 Å². The molecule has 0 radical (unpaired) electrons. The predicted octanol–water partition coefficient (Wildman–Crippen LogP) is 2.77. The van der Waals surface area contributed by atoms with E-state index in [4.69, 9.17) is 9.90 Å². The fourth-order valence-electron chi connectivity index (χ4n) is 3.49. The minimum absolute atomic E-state index is 0.108. The molecule has 1 aliphatic rings. The van der Waals surface area contributed by atoms with Crippen molar-refractivity contribution in [2.75, 3.05) is 45.0 Å². The Balaban J connectivity index is 0.000000604. The van der Waals surface area contributed by atoms with Crippen LogP contribution in [0.15, 0.2) is 54.6 Å². The number of carboxylic acids is 1. The predicted molar refractivity (Wildman–Crippen MR) is 129 cm³/mol. The second-order valence-corrected chi connectivity index (χ2v) is 10.2. The van der Waals surface area contributed by atoms with Crippen LogP contribution < -0.4 is 5.32 Å². The molecule has 0 unspecified atom stereocenters. The summed E-state index contributed by atoms with van der Waals surface area (Å²) in [4.78, 5) is 23.4. The molecular formula is C24H29F4N3O5S. The summed E-state index contributed by atoms with van der Waals surface area (Å²) in [6.45, 7) is 2.70. The van der Waals surface area contributed by atoms with Gasteiger partial charge in [-0.25, -0.2) is 17.6 Å². The normalized spacial score (nSPS) is 14.4. The van der Waals surface area contributed by atoms with E-state index < -0.39 is 28.0 Å².